The maximum atomic E-state index is 5.67. The van der Waals surface area contributed by atoms with Gasteiger partial charge in [0.15, 0.2) is 0 Å². The van der Waals surface area contributed by atoms with Gasteiger partial charge in [0.1, 0.15) is 11.5 Å². The maximum Gasteiger partial charge on any atom is 0.119 e. The Morgan fingerprint density at radius 1 is 0.571 bits per heavy atom. The number of rotatable bonds is 12. The van der Waals surface area contributed by atoms with E-state index >= 15 is 0 Å². The average molecular weight is 518 g/mol. The molecule has 0 radical (unpaired) electrons. The first kappa shape index (κ1) is 26.5. The quantitative estimate of drug-likeness (QED) is 0.230. The summed E-state index contributed by atoms with van der Waals surface area (Å²) >= 11 is 0. The van der Waals surface area contributed by atoms with Gasteiger partial charge in [-0.15, -0.1) is 0 Å². The number of nitrogens with zero attached hydrogens (tertiary/aromatic N) is 2. The number of azo groups is 1. The second-order valence-corrected chi connectivity index (χ2v) is 6.01. The molecule has 0 unspecified atom stereocenters. The zero-order chi connectivity index (χ0) is 18.5. The lowest BCUT2D eigenvalue weighted by Crippen LogP contribution is -3.00. The molecule has 28 heavy (non-hydrogen) atoms. The van der Waals surface area contributed by atoms with Gasteiger partial charge < -0.3 is 54.9 Å². The molecule has 0 heterocycles. The fraction of sp³-hybridized carbons (Fsp3) is 0.400. The van der Waals surface area contributed by atoms with Crippen LogP contribution >= 0.6 is 0 Å². The molecule has 2 rings (SSSR count). The molecular formula is C20H30Br2N4O2. The molecule has 0 fully saturated rings. The Morgan fingerprint density at radius 3 is 1.25 bits per heavy atom. The van der Waals surface area contributed by atoms with Crippen LogP contribution in [0.3, 0.4) is 0 Å². The van der Waals surface area contributed by atoms with Crippen LogP contribution in [-0.2, 0) is 0 Å². The van der Waals surface area contributed by atoms with Crippen molar-refractivity contribution < 1.29 is 54.9 Å². The minimum atomic E-state index is 0. The van der Waals surface area contributed by atoms with E-state index in [1.54, 1.807) is 0 Å². The van der Waals surface area contributed by atoms with Gasteiger partial charge in [-0.25, -0.2) is 0 Å². The second kappa shape index (κ2) is 16.5. The van der Waals surface area contributed by atoms with Crippen molar-refractivity contribution in [1.82, 2.24) is 0 Å². The van der Waals surface area contributed by atoms with Crippen molar-refractivity contribution in [3.63, 3.8) is 0 Å². The molecule has 0 spiro atoms. The summed E-state index contributed by atoms with van der Waals surface area (Å²) in [6.45, 7) is 3.35. The summed E-state index contributed by atoms with van der Waals surface area (Å²) in [5.74, 6) is 1.71. The normalized spacial score (nSPS) is 10.2. The SMILES string of the molecule is [Br-].[Br-].[NH3+]CCCCOc1ccc(N=Nc2ccc(OCCCC[NH3+])cc2)cc1. The van der Waals surface area contributed by atoms with Gasteiger partial charge >= 0.3 is 0 Å². The van der Waals surface area contributed by atoms with E-state index in [1.165, 1.54) is 0 Å². The number of hydrogen-bond acceptors (Lipinski definition) is 4. The number of halogens is 2. The van der Waals surface area contributed by atoms with Gasteiger partial charge in [0.05, 0.1) is 37.7 Å². The summed E-state index contributed by atoms with van der Waals surface area (Å²) in [6, 6.07) is 15.3. The Morgan fingerprint density at radius 2 is 0.929 bits per heavy atom. The highest BCUT2D eigenvalue weighted by Gasteiger charge is 1.97. The highest BCUT2D eigenvalue weighted by atomic mass is 79.9. The maximum absolute atomic E-state index is 5.67. The van der Waals surface area contributed by atoms with E-state index in [-0.39, 0.29) is 34.0 Å². The van der Waals surface area contributed by atoms with Gasteiger partial charge in [-0.2, -0.15) is 10.2 Å². The van der Waals surface area contributed by atoms with Crippen LogP contribution < -0.4 is 54.9 Å². The first-order valence-electron chi connectivity index (χ1n) is 9.28. The Balaban J connectivity index is 0.00000364. The zero-order valence-corrected chi connectivity index (χ0v) is 19.3. The minimum Gasteiger partial charge on any atom is -1.00 e. The monoisotopic (exact) mass is 516 g/mol. The van der Waals surface area contributed by atoms with Crippen LogP contribution in [-0.4, -0.2) is 26.3 Å². The lowest BCUT2D eigenvalue weighted by atomic mass is 10.3. The smallest absolute Gasteiger partial charge is 0.119 e. The van der Waals surface area contributed by atoms with Crippen LogP contribution in [0.1, 0.15) is 25.7 Å². The number of hydrogen-bond donors (Lipinski definition) is 2. The second-order valence-electron chi connectivity index (χ2n) is 6.01. The van der Waals surface area contributed by atoms with Crippen LogP contribution in [0.5, 0.6) is 11.5 Å². The van der Waals surface area contributed by atoms with Gasteiger partial charge in [0.2, 0.25) is 0 Å². The van der Waals surface area contributed by atoms with Crippen LogP contribution in [0.15, 0.2) is 58.8 Å². The first-order valence-corrected chi connectivity index (χ1v) is 9.28. The lowest BCUT2D eigenvalue weighted by Gasteiger charge is -2.05. The van der Waals surface area contributed by atoms with E-state index in [2.05, 4.69) is 21.7 Å². The standard InChI is InChI=1S/C20H28N4O2.2BrH/c21-13-1-3-15-25-19-9-5-17(6-10-19)23-24-18-7-11-20(12-8-18)26-16-4-2-14-22;;/h5-12H,1-4,13-16,21-22H2;2*1H. The molecule has 6 N–H and O–H groups in total. The van der Waals surface area contributed by atoms with Crippen LogP contribution in [0, 0.1) is 0 Å². The number of benzene rings is 2. The third kappa shape index (κ3) is 10.8. The molecule has 2 aromatic rings. The number of quaternary nitrogens is 2. The molecule has 6 nitrogen and oxygen atoms in total. The zero-order valence-electron chi connectivity index (χ0n) is 16.2. The fourth-order valence-corrected chi connectivity index (χ4v) is 2.27. The summed E-state index contributed by atoms with van der Waals surface area (Å²) < 4.78 is 11.3. The number of ether oxygens (including phenoxy) is 2. The van der Waals surface area contributed by atoms with E-state index in [0.29, 0.717) is 0 Å². The molecule has 156 valence electrons. The average Bonchev–Trinajstić information content (AvgIpc) is 2.69. The summed E-state index contributed by atoms with van der Waals surface area (Å²) in [4.78, 5) is 0. The van der Waals surface area contributed by atoms with Crippen molar-refractivity contribution in [2.45, 2.75) is 25.7 Å². The predicted molar refractivity (Wildman–Crippen MR) is 102 cm³/mol. The summed E-state index contributed by atoms with van der Waals surface area (Å²) in [6.07, 6.45) is 4.24. The molecule has 0 aliphatic rings. The number of unbranched alkanes of at least 4 members (excludes halogenated alkanes) is 2. The molecular weight excluding hydrogens is 488 g/mol. The van der Waals surface area contributed by atoms with E-state index in [1.807, 2.05) is 48.5 Å². The minimum absolute atomic E-state index is 0. The lowest BCUT2D eigenvalue weighted by molar-refractivity contribution is -0.369. The van der Waals surface area contributed by atoms with Crippen molar-refractivity contribution in [3.05, 3.63) is 48.5 Å². The molecule has 8 heteroatoms. The van der Waals surface area contributed by atoms with E-state index in [9.17, 15) is 0 Å². The van der Waals surface area contributed by atoms with Gasteiger partial charge in [0.25, 0.3) is 0 Å². The van der Waals surface area contributed by atoms with Gasteiger partial charge in [-0.3, -0.25) is 0 Å². The summed E-state index contributed by atoms with van der Waals surface area (Å²) in [7, 11) is 0. The predicted octanol–water partition coefficient (Wildman–Crippen LogP) is -3.09. The largest absolute Gasteiger partial charge is 1.00 e. The van der Waals surface area contributed by atoms with Crippen molar-refractivity contribution in [1.29, 1.82) is 0 Å². The molecule has 0 saturated heterocycles. The topological polar surface area (TPSA) is 98.5 Å². The van der Waals surface area contributed by atoms with Crippen molar-refractivity contribution in [2.24, 2.45) is 10.2 Å². The highest BCUT2D eigenvalue weighted by molar-refractivity contribution is 5.44. The third-order valence-corrected chi connectivity index (χ3v) is 3.78. The van der Waals surface area contributed by atoms with Gasteiger partial charge in [0, 0.05) is 0 Å². The van der Waals surface area contributed by atoms with Crippen molar-refractivity contribution in [3.8, 4) is 11.5 Å². The van der Waals surface area contributed by atoms with E-state index < -0.39 is 0 Å². The molecule has 0 atom stereocenters. The Labute approximate surface area is 188 Å². The van der Waals surface area contributed by atoms with Crippen LogP contribution in [0.2, 0.25) is 0 Å². The summed E-state index contributed by atoms with van der Waals surface area (Å²) in [5, 5.41) is 8.51. The highest BCUT2D eigenvalue weighted by Crippen LogP contribution is 2.23. The third-order valence-electron chi connectivity index (χ3n) is 3.78. The van der Waals surface area contributed by atoms with E-state index in [4.69, 9.17) is 9.47 Å². The first-order chi connectivity index (χ1) is 12.8. The molecule has 0 bridgehead atoms. The van der Waals surface area contributed by atoms with Crippen LogP contribution in [0.25, 0.3) is 0 Å². The molecule has 0 amide bonds. The van der Waals surface area contributed by atoms with Crippen molar-refractivity contribution in [2.75, 3.05) is 26.3 Å². The summed E-state index contributed by atoms with van der Waals surface area (Å²) in [5.41, 5.74) is 9.24. The molecule has 2 aromatic carbocycles. The molecule has 0 aliphatic heterocycles. The fourth-order valence-electron chi connectivity index (χ4n) is 2.27. The van der Waals surface area contributed by atoms with E-state index in [0.717, 1.165) is 74.9 Å². The molecule has 0 aromatic heterocycles. The Bertz CT molecular complexity index is 595. The van der Waals surface area contributed by atoms with Gasteiger partial charge in [-0.1, -0.05) is 0 Å². The Hall–Kier alpha value is -1.48. The van der Waals surface area contributed by atoms with Crippen LogP contribution in [0.4, 0.5) is 11.4 Å². The van der Waals surface area contributed by atoms with Crippen molar-refractivity contribution >= 4 is 11.4 Å². The molecule has 0 aliphatic carbocycles. The van der Waals surface area contributed by atoms with Gasteiger partial charge in [-0.05, 0) is 74.2 Å². The molecule has 0 saturated carbocycles. The Kier molecular flexibility index (Phi) is 15.6.